The van der Waals surface area contributed by atoms with E-state index >= 15 is 0 Å². The molecule has 0 radical (unpaired) electrons. The van der Waals surface area contributed by atoms with Crippen molar-refractivity contribution in [1.82, 2.24) is 10.2 Å². The first kappa shape index (κ1) is 15.7. The summed E-state index contributed by atoms with van der Waals surface area (Å²) in [5, 5.41) is 12.6. The van der Waals surface area contributed by atoms with Gasteiger partial charge in [0.2, 0.25) is 0 Å². The van der Waals surface area contributed by atoms with Crippen LogP contribution in [0.4, 0.5) is 0 Å². The molecule has 1 heterocycles. The summed E-state index contributed by atoms with van der Waals surface area (Å²) in [4.78, 5) is 2.58. The number of benzene rings is 2. The minimum atomic E-state index is 0.429. The third-order valence-electron chi connectivity index (χ3n) is 4.49. The van der Waals surface area contributed by atoms with Gasteiger partial charge in [0, 0.05) is 19.1 Å². The smallest absolute Gasteiger partial charge is 0.0991 e. The quantitative estimate of drug-likeness (QED) is 0.888. The molecule has 1 saturated heterocycles. The summed E-state index contributed by atoms with van der Waals surface area (Å²) in [7, 11) is 0. The van der Waals surface area contributed by atoms with Gasteiger partial charge in [-0.15, -0.1) is 0 Å². The first-order valence-electron chi connectivity index (χ1n) is 8.35. The summed E-state index contributed by atoms with van der Waals surface area (Å²) in [5.41, 5.74) is 3.27. The zero-order valence-corrected chi connectivity index (χ0v) is 13.4. The fraction of sp³-hybridized carbons (Fsp3) is 0.350. The van der Waals surface area contributed by atoms with E-state index in [2.05, 4.69) is 52.7 Å². The Bertz CT molecular complexity index is 654. The summed E-state index contributed by atoms with van der Waals surface area (Å²) in [6, 6.07) is 21.2. The van der Waals surface area contributed by atoms with Gasteiger partial charge in [0.1, 0.15) is 0 Å². The lowest BCUT2D eigenvalue weighted by atomic mass is 10.1. The molecular weight excluding hydrogens is 282 g/mol. The number of rotatable bonds is 6. The van der Waals surface area contributed by atoms with Gasteiger partial charge in [0.25, 0.3) is 0 Å². The Balaban J connectivity index is 1.63. The van der Waals surface area contributed by atoms with E-state index in [0.29, 0.717) is 6.04 Å². The highest BCUT2D eigenvalue weighted by Gasteiger charge is 2.22. The van der Waals surface area contributed by atoms with E-state index in [1.54, 1.807) is 0 Å². The molecular formula is C20H23N3. The zero-order chi connectivity index (χ0) is 15.9. The van der Waals surface area contributed by atoms with Gasteiger partial charge in [-0.05, 0) is 49.2 Å². The van der Waals surface area contributed by atoms with Crippen LogP contribution in [0.15, 0.2) is 54.6 Å². The first-order valence-corrected chi connectivity index (χ1v) is 8.35. The van der Waals surface area contributed by atoms with E-state index in [4.69, 9.17) is 5.26 Å². The van der Waals surface area contributed by atoms with Crippen molar-refractivity contribution >= 4 is 0 Å². The minimum absolute atomic E-state index is 0.429. The van der Waals surface area contributed by atoms with E-state index in [-0.39, 0.29) is 0 Å². The lowest BCUT2D eigenvalue weighted by molar-refractivity contribution is 0.238. The molecule has 118 valence electrons. The largest absolute Gasteiger partial charge is 0.311 e. The molecule has 0 spiro atoms. The van der Waals surface area contributed by atoms with Crippen LogP contribution in [-0.4, -0.2) is 24.5 Å². The summed E-state index contributed by atoms with van der Waals surface area (Å²) in [5.74, 6) is 0. The molecule has 0 aliphatic carbocycles. The summed E-state index contributed by atoms with van der Waals surface area (Å²) < 4.78 is 0. The van der Waals surface area contributed by atoms with Gasteiger partial charge in [-0.3, -0.25) is 4.90 Å². The van der Waals surface area contributed by atoms with Gasteiger partial charge >= 0.3 is 0 Å². The molecule has 2 aromatic carbocycles. The maximum atomic E-state index is 8.99. The third-order valence-corrected chi connectivity index (χ3v) is 4.49. The van der Waals surface area contributed by atoms with Crippen LogP contribution in [0.3, 0.4) is 0 Å². The van der Waals surface area contributed by atoms with E-state index in [9.17, 15) is 0 Å². The Hall–Kier alpha value is -2.15. The lowest BCUT2D eigenvalue weighted by Gasteiger charge is -2.28. The molecule has 23 heavy (non-hydrogen) atoms. The van der Waals surface area contributed by atoms with Crippen LogP contribution < -0.4 is 5.32 Å². The first-order chi connectivity index (χ1) is 11.4. The number of nitrogens with one attached hydrogen (secondary N) is 1. The van der Waals surface area contributed by atoms with Gasteiger partial charge in [0.05, 0.1) is 11.6 Å². The van der Waals surface area contributed by atoms with Gasteiger partial charge in [0.15, 0.2) is 0 Å². The Kier molecular flexibility index (Phi) is 5.42. The van der Waals surface area contributed by atoms with Crippen molar-refractivity contribution in [3.63, 3.8) is 0 Å². The molecule has 1 fully saturated rings. The van der Waals surface area contributed by atoms with Crippen molar-refractivity contribution in [2.24, 2.45) is 0 Å². The van der Waals surface area contributed by atoms with Crippen LogP contribution in [0, 0.1) is 11.3 Å². The average molecular weight is 305 g/mol. The third kappa shape index (κ3) is 4.19. The van der Waals surface area contributed by atoms with Crippen molar-refractivity contribution < 1.29 is 0 Å². The standard InChI is InChI=1S/C20H23N3/c21-14-17-7-6-8-18(13-17)15-22-16-20(23-11-4-5-12-23)19-9-2-1-3-10-19/h1-3,6-10,13,20,22H,4-5,11-12,15-16H2/t20-/m0/s1. The highest BCUT2D eigenvalue weighted by Crippen LogP contribution is 2.24. The average Bonchev–Trinajstić information content (AvgIpc) is 3.14. The Morgan fingerprint density at radius 1 is 1.04 bits per heavy atom. The van der Waals surface area contributed by atoms with Crippen molar-refractivity contribution in [2.45, 2.75) is 25.4 Å². The summed E-state index contributed by atoms with van der Waals surface area (Å²) in [6.07, 6.45) is 2.60. The number of hydrogen-bond acceptors (Lipinski definition) is 3. The maximum absolute atomic E-state index is 8.99. The highest BCUT2D eigenvalue weighted by molar-refractivity contribution is 5.32. The lowest BCUT2D eigenvalue weighted by Crippen LogP contribution is -2.34. The fourth-order valence-corrected chi connectivity index (χ4v) is 3.29. The fourth-order valence-electron chi connectivity index (χ4n) is 3.29. The van der Waals surface area contributed by atoms with Crippen molar-refractivity contribution in [3.8, 4) is 6.07 Å². The van der Waals surface area contributed by atoms with E-state index in [0.717, 1.165) is 24.2 Å². The summed E-state index contributed by atoms with van der Waals surface area (Å²) >= 11 is 0. The predicted molar refractivity (Wildman–Crippen MR) is 92.9 cm³/mol. The number of hydrogen-bond donors (Lipinski definition) is 1. The SMILES string of the molecule is N#Cc1cccc(CNC[C@@H](c2ccccc2)N2CCCC2)c1. The minimum Gasteiger partial charge on any atom is -0.311 e. The molecule has 0 aromatic heterocycles. The predicted octanol–water partition coefficient (Wildman–Crippen LogP) is 3.48. The Morgan fingerprint density at radius 3 is 2.57 bits per heavy atom. The molecule has 2 aromatic rings. The molecule has 0 bridgehead atoms. The van der Waals surface area contributed by atoms with E-state index in [1.807, 2.05) is 18.2 Å². The van der Waals surface area contributed by atoms with Crippen molar-refractivity contribution in [3.05, 3.63) is 71.3 Å². The molecule has 3 nitrogen and oxygen atoms in total. The van der Waals surface area contributed by atoms with Crippen LogP contribution in [0.5, 0.6) is 0 Å². The van der Waals surface area contributed by atoms with Gasteiger partial charge < -0.3 is 5.32 Å². The van der Waals surface area contributed by atoms with Crippen molar-refractivity contribution in [1.29, 1.82) is 5.26 Å². The molecule has 1 N–H and O–H groups in total. The molecule has 0 unspecified atom stereocenters. The highest BCUT2D eigenvalue weighted by atomic mass is 15.2. The van der Waals surface area contributed by atoms with Gasteiger partial charge in [-0.2, -0.15) is 5.26 Å². The normalized spacial score (nSPS) is 16.1. The molecule has 0 saturated carbocycles. The van der Waals surface area contributed by atoms with E-state index < -0.39 is 0 Å². The van der Waals surface area contributed by atoms with Crippen LogP contribution in [0.25, 0.3) is 0 Å². The zero-order valence-electron chi connectivity index (χ0n) is 13.4. The second-order valence-electron chi connectivity index (χ2n) is 6.11. The Morgan fingerprint density at radius 2 is 1.83 bits per heavy atom. The number of nitrogens with zero attached hydrogens (tertiary/aromatic N) is 2. The molecule has 3 heteroatoms. The summed E-state index contributed by atoms with van der Waals surface area (Å²) in [6.45, 7) is 4.10. The van der Waals surface area contributed by atoms with Gasteiger partial charge in [-0.1, -0.05) is 42.5 Å². The van der Waals surface area contributed by atoms with Gasteiger partial charge in [-0.25, -0.2) is 0 Å². The molecule has 3 rings (SSSR count). The number of likely N-dealkylation sites (tertiary alicyclic amines) is 1. The molecule has 1 atom stereocenters. The molecule has 1 aliphatic heterocycles. The van der Waals surface area contributed by atoms with Crippen LogP contribution >= 0.6 is 0 Å². The number of nitriles is 1. The topological polar surface area (TPSA) is 39.1 Å². The van der Waals surface area contributed by atoms with Crippen molar-refractivity contribution in [2.75, 3.05) is 19.6 Å². The second-order valence-corrected chi connectivity index (χ2v) is 6.11. The Labute approximate surface area is 138 Å². The second kappa shape index (κ2) is 7.92. The maximum Gasteiger partial charge on any atom is 0.0991 e. The van der Waals surface area contributed by atoms with Crippen LogP contribution in [-0.2, 0) is 6.54 Å². The molecule has 1 aliphatic rings. The van der Waals surface area contributed by atoms with Crippen LogP contribution in [0.2, 0.25) is 0 Å². The van der Waals surface area contributed by atoms with Crippen LogP contribution in [0.1, 0.15) is 35.6 Å². The molecule has 0 amide bonds. The monoisotopic (exact) mass is 305 g/mol. The van der Waals surface area contributed by atoms with E-state index in [1.165, 1.54) is 31.5 Å².